The maximum atomic E-state index is 12.1. The summed E-state index contributed by atoms with van der Waals surface area (Å²) in [5, 5.41) is 0. The second kappa shape index (κ2) is 6.64. The minimum atomic E-state index is -0.357. The fourth-order valence-electron chi connectivity index (χ4n) is 2.73. The number of imidazole rings is 1. The van der Waals surface area contributed by atoms with Crippen molar-refractivity contribution in [2.45, 2.75) is 13.3 Å². The predicted molar refractivity (Wildman–Crippen MR) is 84.2 cm³/mol. The Labute approximate surface area is 134 Å². The maximum Gasteiger partial charge on any atom is 0.338 e. The number of esters is 1. The van der Waals surface area contributed by atoms with Crippen molar-refractivity contribution in [3.63, 3.8) is 0 Å². The largest absolute Gasteiger partial charge is 0.462 e. The van der Waals surface area contributed by atoms with E-state index in [0.29, 0.717) is 25.1 Å². The number of hydrogen-bond acceptors (Lipinski definition) is 4. The molecule has 1 atom stereocenters. The molecule has 3 rings (SSSR count). The first-order chi connectivity index (χ1) is 11.2. The van der Waals surface area contributed by atoms with Gasteiger partial charge in [-0.1, -0.05) is 0 Å². The zero-order valence-corrected chi connectivity index (χ0v) is 13.0. The van der Waals surface area contributed by atoms with E-state index in [1.807, 2.05) is 29.8 Å². The van der Waals surface area contributed by atoms with Crippen LogP contribution in [0.5, 0.6) is 0 Å². The summed E-state index contributed by atoms with van der Waals surface area (Å²) < 4.78 is 7.21. The van der Waals surface area contributed by atoms with Gasteiger partial charge in [0.05, 0.1) is 18.5 Å². The Hall–Kier alpha value is -2.63. The fraction of sp³-hybridized carbons (Fsp3) is 0.353. The zero-order chi connectivity index (χ0) is 16.2. The van der Waals surface area contributed by atoms with Gasteiger partial charge >= 0.3 is 5.97 Å². The quantitative estimate of drug-likeness (QED) is 0.791. The zero-order valence-electron chi connectivity index (χ0n) is 13.0. The third-order valence-corrected chi connectivity index (χ3v) is 4.03. The van der Waals surface area contributed by atoms with Crippen molar-refractivity contribution >= 4 is 11.9 Å². The number of rotatable bonds is 5. The number of amides is 1. The van der Waals surface area contributed by atoms with Crippen LogP contribution in [0.4, 0.5) is 0 Å². The average molecular weight is 313 g/mol. The van der Waals surface area contributed by atoms with Gasteiger partial charge in [-0.2, -0.15) is 0 Å². The lowest BCUT2D eigenvalue weighted by Crippen LogP contribution is -2.25. The van der Waals surface area contributed by atoms with Crippen molar-refractivity contribution < 1.29 is 14.3 Å². The lowest BCUT2D eigenvalue weighted by Gasteiger charge is -2.13. The standard InChI is InChI=1S/C17H19N3O3/c1-2-19-10-13(9-16(19)21)11-23-17(22)14-3-5-15(6-4-14)20-8-7-18-12-20/h3-8,12-13H,2,9-11H2,1H3/t13-/m0/s1. The molecule has 6 heteroatoms. The van der Waals surface area contributed by atoms with E-state index in [0.717, 1.165) is 5.69 Å². The summed E-state index contributed by atoms with van der Waals surface area (Å²) in [5.41, 5.74) is 1.43. The number of aromatic nitrogens is 2. The van der Waals surface area contributed by atoms with Crippen LogP contribution in [0.25, 0.3) is 5.69 Å². The summed E-state index contributed by atoms with van der Waals surface area (Å²) in [6.45, 7) is 3.61. The second-order valence-corrected chi connectivity index (χ2v) is 5.62. The average Bonchev–Trinajstić information content (AvgIpc) is 3.22. The minimum absolute atomic E-state index is 0.0941. The van der Waals surface area contributed by atoms with Gasteiger partial charge in [0.25, 0.3) is 0 Å². The Balaban J connectivity index is 1.55. The lowest BCUT2D eigenvalue weighted by atomic mass is 10.1. The lowest BCUT2D eigenvalue weighted by molar-refractivity contribution is -0.127. The second-order valence-electron chi connectivity index (χ2n) is 5.62. The number of carbonyl (C=O) groups is 2. The molecule has 6 nitrogen and oxygen atoms in total. The maximum absolute atomic E-state index is 12.1. The van der Waals surface area contributed by atoms with Crippen molar-refractivity contribution in [1.29, 1.82) is 0 Å². The van der Waals surface area contributed by atoms with Gasteiger partial charge in [0.1, 0.15) is 0 Å². The number of hydrogen-bond donors (Lipinski definition) is 0. The number of nitrogens with zero attached hydrogens (tertiary/aromatic N) is 3. The first kappa shape index (κ1) is 15.3. The van der Waals surface area contributed by atoms with E-state index in [4.69, 9.17) is 4.74 Å². The van der Waals surface area contributed by atoms with E-state index >= 15 is 0 Å². The Morgan fingerprint density at radius 1 is 1.35 bits per heavy atom. The van der Waals surface area contributed by atoms with Crippen molar-refractivity contribution in [3.05, 3.63) is 48.5 Å². The van der Waals surface area contributed by atoms with E-state index < -0.39 is 0 Å². The van der Waals surface area contributed by atoms with Crippen molar-refractivity contribution in [2.75, 3.05) is 19.7 Å². The van der Waals surface area contributed by atoms with Crippen LogP contribution in [0.2, 0.25) is 0 Å². The van der Waals surface area contributed by atoms with E-state index in [1.165, 1.54) is 0 Å². The molecule has 0 radical (unpaired) electrons. The monoisotopic (exact) mass is 313 g/mol. The van der Waals surface area contributed by atoms with Crippen LogP contribution in [-0.2, 0) is 9.53 Å². The Morgan fingerprint density at radius 3 is 2.74 bits per heavy atom. The normalized spacial score (nSPS) is 17.5. The molecule has 2 aromatic rings. The van der Waals surface area contributed by atoms with Crippen LogP contribution in [0.3, 0.4) is 0 Å². The third-order valence-electron chi connectivity index (χ3n) is 4.03. The smallest absolute Gasteiger partial charge is 0.338 e. The molecule has 1 saturated heterocycles. The first-order valence-electron chi connectivity index (χ1n) is 7.70. The van der Waals surface area contributed by atoms with E-state index in [2.05, 4.69) is 4.98 Å². The van der Waals surface area contributed by atoms with Gasteiger partial charge in [0.2, 0.25) is 5.91 Å². The van der Waals surface area contributed by atoms with E-state index in [9.17, 15) is 9.59 Å². The summed E-state index contributed by atoms with van der Waals surface area (Å²) in [6.07, 6.45) is 5.69. The Bertz CT molecular complexity index is 680. The molecule has 0 N–H and O–H groups in total. The third kappa shape index (κ3) is 3.41. The highest BCUT2D eigenvalue weighted by Gasteiger charge is 2.29. The van der Waals surface area contributed by atoms with Crippen molar-refractivity contribution in [2.24, 2.45) is 5.92 Å². The highest BCUT2D eigenvalue weighted by Crippen LogP contribution is 2.18. The molecule has 1 aliphatic heterocycles. The molecule has 0 bridgehead atoms. The molecular formula is C17H19N3O3. The highest BCUT2D eigenvalue weighted by atomic mass is 16.5. The summed E-state index contributed by atoms with van der Waals surface area (Å²) in [6, 6.07) is 7.15. The summed E-state index contributed by atoms with van der Waals surface area (Å²) in [5.74, 6) is -0.126. The number of ether oxygens (including phenoxy) is 1. The molecule has 0 unspecified atom stereocenters. The molecule has 0 spiro atoms. The molecule has 2 heterocycles. The van der Waals surface area contributed by atoms with Crippen molar-refractivity contribution in [1.82, 2.24) is 14.5 Å². The summed E-state index contributed by atoms with van der Waals surface area (Å²) in [7, 11) is 0. The molecule has 1 aromatic carbocycles. The van der Waals surface area contributed by atoms with Crippen LogP contribution in [-0.4, -0.2) is 46.0 Å². The first-order valence-corrected chi connectivity index (χ1v) is 7.70. The van der Waals surface area contributed by atoms with Crippen LogP contribution in [0.1, 0.15) is 23.7 Å². The summed E-state index contributed by atoms with van der Waals surface area (Å²) >= 11 is 0. The number of carbonyl (C=O) groups excluding carboxylic acids is 2. The molecule has 1 fully saturated rings. The number of likely N-dealkylation sites (tertiary alicyclic amines) is 1. The van der Waals surface area contributed by atoms with Gasteiger partial charge in [0, 0.05) is 43.5 Å². The van der Waals surface area contributed by atoms with Crippen molar-refractivity contribution in [3.8, 4) is 5.69 Å². The van der Waals surface area contributed by atoms with Crippen LogP contribution < -0.4 is 0 Å². The molecule has 1 aromatic heterocycles. The predicted octanol–water partition coefficient (Wildman–Crippen LogP) is 1.90. The molecule has 0 aliphatic carbocycles. The number of benzene rings is 1. The van der Waals surface area contributed by atoms with Gasteiger partial charge in [-0.3, -0.25) is 4.79 Å². The molecule has 120 valence electrons. The van der Waals surface area contributed by atoms with Gasteiger partial charge in [0.15, 0.2) is 0 Å². The molecule has 1 amide bonds. The SMILES string of the molecule is CCN1C[C@@H](COC(=O)c2ccc(-n3ccnc3)cc2)CC1=O. The highest BCUT2D eigenvalue weighted by molar-refractivity contribution is 5.89. The molecular weight excluding hydrogens is 294 g/mol. The van der Waals surface area contributed by atoms with Crippen LogP contribution >= 0.6 is 0 Å². The van der Waals surface area contributed by atoms with Gasteiger partial charge in [-0.25, -0.2) is 9.78 Å². The van der Waals surface area contributed by atoms with Gasteiger partial charge in [-0.15, -0.1) is 0 Å². The molecule has 0 saturated carbocycles. The molecule has 1 aliphatic rings. The minimum Gasteiger partial charge on any atom is -0.462 e. The van der Waals surface area contributed by atoms with E-state index in [-0.39, 0.29) is 24.4 Å². The van der Waals surface area contributed by atoms with Crippen LogP contribution in [0, 0.1) is 5.92 Å². The molecule has 23 heavy (non-hydrogen) atoms. The Kier molecular flexibility index (Phi) is 4.41. The van der Waals surface area contributed by atoms with Crippen LogP contribution in [0.15, 0.2) is 43.0 Å². The Morgan fingerprint density at radius 2 is 2.13 bits per heavy atom. The van der Waals surface area contributed by atoms with Gasteiger partial charge in [-0.05, 0) is 31.2 Å². The van der Waals surface area contributed by atoms with E-state index in [1.54, 1.807) is 29.6 Å². The topological polar surface area (TPSA) is 64.4 Å². The van der Waals surface area contributed by atoms with Gasteiger partial charge < -0.3 is 14.2 Å². The fourth-order valence-corrected chi connectivity index (χ4v) is 2.73. The summed E-state index contributed by atoms with van der Waals surface area (Å²) in [4.78, 5) is 29.5.